The number of hydrogen-bond donors (Lipinski definition) is 0. The second kappa shape index (κ2) is 9.70. The van der Waals surface area contributed by atoms with Crippen molar-refractivity contribution in [1.29, 1.82) is 0 Å². The molecule has 0 N–H and O–H groups in total. The van der Waals surface area contributed by atoms with E-state index in [0.29, 0.717) is 7.05 Å². The van der Waals surface area contributed by atoms with Crippen LogP contribution in [0.3, 0.4) is 0 Å². The van der Waals surface area contributed by atoms with Gasteiger partial charge in [0.2, 0.25) is 0 Å². The van der Waals surface area contributed by atoms with Gasteiger partial charge in [-0.2, -0.15) is 26.3 Å². The number of halogens is 8. The van der Waals surface area contributed by atoms with Gasteiger partial charge >= 0.3 is 23.3 Å². The Morgan fingerprint density at radius 3 is 1.56 bits per heavy atom. The lowest BCUT2D eigenvalue weighted by Crippen LogP contribution is -2.23. The minimum absolute atomic E-state index is 0.0556. The third-order valence-corrected chi connectivity index (χ3v) is 3.20. The van der Waals surface area contributed by atoms with E-state index in [-0.39, 0.29) is 14.3 Å². The molecule has 0 fully saturated rings. The van der Waals surface area contributed by atoms with E-state index in [1.807, 2.05) is 0 Å². The molecule has 1 rings (SSSR count). The van der Waals surface area contributed by atoms with Crippen LogP contribution in [0.1, 0.15) is 0 Å². The summed E-state index contributed by atoms with van der Waals surface area (Å²) in [7, 11) is 0.695. The lowest BCUT2D eigenvalue weighted by atomic mass is 10.3. The van der Waals surface area contributed by atoms with Crippen LogP contribution in [-0.4, -0.2) is 34.7 Å². The summed E-state index contributed by atoms with van der Waals surface area (Å²) in [6, 6.07) is 6.76. The Labute approximate surface area is 144 Å². The summed E-state index contributed by atoms with van der Waals surface area (Å²) in [5.41, 5.74) is -9.49. The average molecular weight is 416 g/mol. The van der Waals surface area contributed by atoms with Crippen LogP contribution >= 0.6 is 23.9 Å². The van der Waals surface area contributed by atoms with Gasteiger partial charge in [-0.05, 0) is 12.1 Å². The fourth-order valence-corrected chi connectivity index (χ4v) is 1.94. The van der Waals surface area contributed by atoms with Crippen molar-refractivity contribution < 1.29 is 44.7 Å². The molecule has 1 aromatic carbocycles. The summed E-state index contributed by atoms with van der Waals surface area (Å²) in [4.78, 5) is 19.9. The molecule has 0 heterocycles. The van der Waals surface area contributed by atoms with E-state index in [1.165, 1.54) is 24.3 Å². The zero-order valence-corrected chi connectivity index (χ0v) is 13.6. The number of amides is 2. The second-order valence-electron chi connectivity index (χ2n) is 3.71. The predicted octanol–water partition coefficient (Wildman–Crippen LogP) is 5.93. The molecule has 0 aliphatic heterocycles. The quantitative estimate of drug-likeness (QED) is 0.265. The van der Waals surface area contributed by atoms with Crippen molar-refractivity contribution in [1.82, 2.24) is 4.31 Å². The number of alkyl halides is 6. The highest BCUT2D eigenvalue weighted by atomic mass is 32.2. The van der Waals surface area contributed by atoms with Gasteiger partial charge in [-0.15, -0.1) is 8.78 Å². The molecule has 2 amide bonds. The van der Waals surface area contributed by atoms with E-state index in [9.17, 15) is 44.7 Å². The van der Waals surface area contributed by atoms with E-state index in [4.69, 9.17) is 0 Å². The van der Waals surface area contributed by atoms with Crippen LogP contribution < -0.4 is 4.31 Å². The molecule has 1 aromatic rings. The summed E-state index contributed by atoms with van der Waals surface area (Å²) >= 11 is -1.65. The zero-order chi connectivity index (χ0) is 19.8. The molecule has 0 unspecified atom stereocenters. The highest BCUT2D eigenvalue weighted by molar-refractivity contribution is 8.02. The van der Waals surface area contributed by atoms with Crippen LogP contribution in [0, 0.1) is 0 Å². The summed E-state index contributed by atoms with van der Waals surface area (Å²) in [6.07, 6.45) is -4.29. The first-order valence-corrected chi connectivity index (χ1v) is 7.27. The molecule has 0 aliphatic rings. The predicted molar refractivity (Wildman–Crippen MR) is 77.0 cm³/mol. The fourth-order valence-electron chi connectivity index (χ4n) is 1.05. The van der Waals surface area contributed by atoms with Gasteiger partial charge in [-0.1, -0.05) is 18.2 Å². The minimum Gasteiger partial charge on any atom is -0.254 e. The third kappa shape index (κ3) is 11.5. The molecule has 14 heteroatoms. The standard InChI is InChI=1S/C8H5F4NOS.C3H3F4NOS/c9-7(14)13(15-8(10,11)12)6-4-2-1-3-5-6;1-8(2(4)9)10-3(5,6)7/h1-5H;1H3. The molecule has 0 saturated heterocycles. The van der Waals surface area contributed by atoms with Crippen molar-refractivity contribution in [3.63, 3.8) is 0 Å². The Morgan fingerprint density at radius 1 is 0.840 bits per heavy atom. The topological polar surface area (TPSA) is 40.6 Å². The van der Waals surface area contributed by atoms with E-state index < -0.39 is 47.2 Å². The first-order chi connectivity index (χ1) is 11.2. The van der Waals surface area contributed by atoms with E-state index in [1.54, 1.807) is 6.07 Å². The van der Waals surface area contributed by atoms with Gasteiger partial charge in [0.1, 0.15) is 0 Å². The maximum Gasteiger partial charge on any atom is 0.462 e. The largest absolute Gasteiger partial charge is 0.462 e. The molecule has 4 nitrogen and oxygen atoms in total. The number of benzene rings is 1. The molecular weight excluding hydrogens is 408 g/mol. The molecular formula is C11H8F8N2O2S2. The fraction of sp³-hybridized carbons (Fsp3) is 0.273. The Kier molecular flexibility index (Phi) is 9.04. The van der Waals surface area contributed by atoms with E-state index in [2.05, 4.69) is 0 Å². The molecule has 0 saturated carbocycles. The van der Waals surface area contributed by atoms with Crippen LogP contribution in [0.4, 0.5) is 50.4 Å². The highest BCUT2D eigenvalue weighted by Gasteiger charge is 2.36. The van der Waals surface area contributed by atoms with E-state index >= 15 is 0 Å². The molecule has 0 radical (unpaired) electrons. The number of hydrogen-bond acceptors (Lipinski definition) is 4. The molecule has 0 aromatic heterocycles. The number of nitrogens with zero attached hydrogens (tertiary/aromatic N) is 2. The molecule has 0 aliphatic carbocycles. The summed E-state index contributed by atoms with van der Waals surface area (Å²) in [5, 5.41) is 0. The molecule has 0 bridgehead atoms. The van der Waals surface area contributed by atoms with Gasteiger partial charge in [-0.25, -0.2) is 13.9 Å². The monoisotopic (exact) mass is 416 g/mol. The summed E-state index contributed by atoms with van der Waals surface area (Å²) in [6.45, 7) is 0. The Morgan fingerprint density at radius 2 is 1.28 bits per heavy atom. The zero-order valence-electron chi connectivity index (χ0n) is 11.9. The van der Waals surface area contributed by atoms with Crippen LogP contribution in [-0.2, 0) is 0 Å². The van der Waals surface area contributed by atoms with Gasteiger partial charge < -0.3 is 0 Å². The first kappa shape index (κ1) is 23.3. The number of rotatable bonds is 3. The number of carbonyl (C=O) groups excluding carboxylic acids is 2. The van der Waals surface area contributed by atoms with Gasteiger partial charge in [0.15, 0.2) is 0 Å². The van der Waals surface area contributed by atoms with Crippen molar-refractivity contribution in [3.05, 3.63) is 30.3 Å². The highest BCUT2D eigenvalue weighted by Crippen LogP contribution is 2.37. The molecule has 142 valence electrons. The van der Waals surface area contributed by atoms with Crippen LogP contribution in [0.5, 0.6) is 0 Å². The van der Waals surface area contributed by atoms with E-state index in [0.717, 1.165) is 0 Å². The van der Waals surface area contributed by atoms with Crippen LogP contribution in [0.25, 0.3) is 0 Å². The van der Waals surface area contributed by atoms with Gasteiger partial charge in [0, 0.05) is 7.05 Å². The lowest BCUT2D eigenvalue weighted by molar-refractivity contribution is -0.0356. The molecule has 25 heavy (non-hydrogen) atoms. The summed E-state index contributed by atoms with van der Waals surface area (Å²) < 4.78 is 93.2. The van der Waals surface area contributed by atoms with Crippen molar-refractivity contribution in [2.24, 2.45) is 0 Å². The normalized spacial score (nSPS) is 11.2. The second-order valence-corrected chi connectivity index (χ2v) is 5.91. The maximum absolute atomic E-state index is 12.3. The maximum atomic E-state index is 12.3. The van der Waals surface area contributed by atoms with Crippen LogP contribution in [0.15, 0.2) is 30.3 Å². The lowest BCUT2D eigenvalue weighted by Gasteiger charge is -2.17. The number of anilines is 1. The summed E-state index contributed by atoms with van der Waals surface area (Å²) in [5.74, 6) is 0. The van der Waals surface area contributed by atoms with Gasteiger partial charge in [-0.3, -0.25) is 4.31 Å². The third-order valence-electron chi connectivity index (χ3n) is 1.83. The molecule has 0 spiro atoms. The smallest absolute Gasteiger partial charge is 0.254 e. The number of carbonyl (C=O) groups is 2. The number of para-hydroxylation sites is 1. The SMILES string of the molecule is CN(SC(F)(F)F)C(=O)F.O=C(F)N(SC(F)(F)F)c1ccccc1. The van der Waals surface area contributed by atoms with Gasteiger partial charge in [0.05, 0.1) is 29.6 Å². The minimum atomic E-state index is -4.71. The van der Waals surface area contributed by atoms with Crippen molar-refractivity contribution in [2.45, 2.75) is 11.0 Å². The molecule has 0 atom stereocenters. The Hall–Kier alpha value is -1.70. The Balaban J connectivity index is 0.000000504. The first-order valence-electron chi connectivity index (χ1n) is 5.72. The Bertz CT molecular complexity index is 567. The average Bonchev–Trinajstić information content (AvgIpc) is 2.43. The van der Waals surface area contributed by atoms with Crippen molar-refractivity contribution in [3.8, 4) is 0 Å². The van der Waals surface area contributed by atoms with Crippen molar-refractivity contribution >= 4 is 41.9 Å². The van der Waals surface area contributed by atoms with Gasteiger partial charge in [0.25, 0.3) is 0 Å². The van der Waals surface area contributed by atoms with Crippen LogP contribution in [0.2, 0.25) is 0 Å². The van der Waals surface area contributed by atoms with Crippen molar-refractivity contribution in [2.75, 3.05) is 11.4 Å².